The molecule has 0 amide bonds. The number of hydrogen-bond acceptors (Lipinski definition) is 7. The summed E-state index contributed by atoms with van der Waals surface area (Å²) in [5.74, 6) is 1.63. The quantitative estimate of drug-likeness (QED) is 0.447. The van der Waals surface area contributed by atoms with E-state index in [9.17, 15) is 18.0 Å². The van der Waals surface area contributed by atoms with Gasteiger partial charge in [-0.1, -0.05) is 11.3 Å². The van der Waals surface area contributed by atoms with E-state index in [1.54, 1.807) is 11.7 Å². The second-order valence-electron chi connectivity index (χ2n) is 10.1. The normalized spacial score (nSPS) is 23.3. The van der Waals surface area contributed by atoms with Crippen LogP contribution in [-0.2, 0) is 31.1 Å². The zero-order chi connectivity index (χ0) is 25.9. The van der Waals surface area contributed by atoms with Gasteiger partial charge in [0, 0.05) is 44.4 Å². The molecule has 0 N–H and O–H groups in total. The fraction of sp³-hybridized carbons (Fsp3) is 0.750. The van der Waals surface area contributed by atoms with Gasteiger partial charge < -0.3 is 9.64 Å². The first kappa shape index (κ1) is 27.0. The lowest BCUT2D eigenvalue weighted by Crippen LogP contribution is -2.36. The van der Waals surface area contributed by atoms with Gasteiger partial charge in [-0.2, -0.15) is 18.3 Å². The van der Waals surface area contributed by atoms with Gasteiger partial charge in [-0.15, -0.1) is 0 Å². The molecule has 1 aliphatic heterocycles. The molecule has 4 rings (SSSR count). The number of hydrogen-bond donors (Lipinski definition) is 0. The fourth-order valence-electron chi connectivity index (χ4n) is 4.99. The number of nitrogens with zero attached hydrogens (tertiary/aromatic N) is 5. The van der Waals surface area contributed by atoms with E-state index in [2.05, 4.69) is 20.0 Å². The molecule has 2 aliphatic rings. The molecule has 1 aliphatic carbocycles. The van der Waals surface area contributed by atoms with Crippen molar-refractivity contribution in [1.29, 1.82) is 0 Å². The smallest absolute Gasteiger partial charge is 0.422 e. The first-order valence-electron chi connectivity index (χ1n) is 12.5. The highest BCUT2D eigenvalue weighted by Gasteiger charge is 2.36. The summed E-state index contributed by atoms with van der Waals surface area (Å²) < 4.78 is 59.1. The zero-order valence-corrected chi connectivity index (χ0v) is 21.6. The molecule has 3 heterocycles. The summed E-state index contributed by atoms with van der Waals surface area (Å²) in [6.07, 6.45) is 0.388. The minimum atomic E-state index is -4.38. The number of carbonyl (C=O) groups is 1. The summed E-state index contributed by atoms with van der Waals surface area (Å²) in [7, 11) is 1.80. The van der Waals surface area contributed by atoms with Crippen molar-refractivity contribution in [1.82, 2.24) is 24.6 Å². The van der Waals surface area contributed by atoms with Crippen LogP contribution < -0.4 is 4.74 Å². The van der Waals surface area contributed by atoms with E-state index in [0.29, 0.717) is 70.3 Å². The minimum absolute atomic E-state index is 0.0649. The maximum atomic E-state index is 15.5. The molecule has 0 bridgehead atoms. The molecule has 2 aromatic rings. The molecular weight excluding hydrogens is 498 g/mol. The Morgan fingerprint density at radius 3 is 2.58 bits per heavy atom. The van der Waals surface area contributed by atoms with Crippen LogP contribution in [0.4, 0.5) is 17.6 Å². The minimum Gasteiger partial charge on any atom is -0.460 e. The van der Waals surface area contributed by atoms with Crippen molar-refractivity contribution < 1.29 is 27.1 Å². The summed E-state index contributed by atoms with van der Waals surface area (Å²) in [5.41, 5.74) is -0.427. The van der Waals surface area contributed by atoms with Crippen LogP contribution in [0.25, 0.3) is 0 Å². The molecule has 200 valence electrons. The second-order valence-corrected chi connectivity index (χ2v) is 11.1. The van der Waals surface area contributed by atoms with E-state index >= 15 is 4.39 Å². The van der Waals surface area contributed by atoms with Gasteiger partial charge in [0.05, 0.1) is 12.1 Å². The molecule has 7 nitrogen and oxygen atoms in total. The number of thiazole rings is 1. The van der Waals surface area contributed by atoms with E-state index in [4.69, 9.17) is 4.74 Å². The number of ketones is 1. The lowest BCUT2D eigenvalue weighted by molar-refractivity contribution is -0.153. The summed E-state index contributed by atoms with van der Waals surface area (Å²) in [4.78, 5) is 24.1. The van der Waals surface area contributed by atoms with E-state index in [1.165, 1.54) is 11.3 Å². The van der Waals surface area contributed by atoms with Gasteiger partial charge in [0.2, 0.25) is 0 Å². The Kier molecular flexibility index (Phi) is 8.33. The maximum absolute atomic E-state index is 15.5. The molecule has 36 heavy (non-hydrogen) atoms. The third kappa shape index (κ3) is 7.47. The number of rotatable bonds is 9. The first-order valence-corrected chi connectivity index (χ1v) is 13.3. The van der Waals surface area contributed by atoms with Crippen molar-refractivity contribution in [2.45, 2.75) is 76.6 Å². The number of ether oxygens (including phenoxy) is 1. The Labute approximate surface area is 212 Å². The number of alkyl halides is 4. The number of aromatic nitrogens is 4. The highest BCUT2D eigenvalue weighted by atomic mass is 32.1. The Hall–Kier alpha value is -2.08. The number of aryl methyl sites for hydroxylation is 2. The monoisotopic (exact) mass is 531 g/mol. The van der Waals surface area contributed by atoms with Gasteiger partial charge >= 0.3 is 6.18 Å². The van der Waals surface area contributed by atoms with Crippen LogP contribution in [0.5, 0.6) is 5.19 Å². The van der Waals surface area contributed by atoms with E-state index < -0.39 is 18.5 Å². The van der Waals surface area contributed by atoms with Crippen molar-refractivity contribution in [3.8, 4) is 5.19 Å². The molecule has 0 atom stereocenters. The Morgan fingerprint density at radius 2 is 1.92 bits per heavy atom. The summed E-state index contributed by atoms with van der Waals surface area (Å²) >= 11 is 1.17. The van der Waals surface area contributed by atoms with E-state index in [0.717, 1.165) is 22.9 Å². The summed E-state index contributed by atoms with van der Waals surface area (Å²) in [6.45, 7) is 2.57. The summed E-state index contributed by atoms with van der Waals surface area (Å²) in [6, 6.07) is 0. The SMILES string of the molecule is Cc1nc(CC(=O)CC2CCC(F)(CCN3CCc4nc(OCC(F)(F)F)sc4CC3)CC2)nn1C. The molecule has 0 radical (unpaired) electrons. The largest absolute Gasteiger partial charge is 0.460 e. The molecule has 12 heteroatoms. The molecule has 2 aromatic heterocycles. The summed E-state index contributed by atoms with van der Waals surface area (Å²) in [5, 5.41) is 4.31. The molecule has 0 aromatic carbocycles. The van der Waals surface area contributed by atoms with Crippen molar-refractivity contribution >= 4 is 17.1 Å². The van der Waals surface area contributed by atoms with Crippen LogP contribution in [-0.4, -0.2) is 68.5 Å². The number of carbonyl (C=O) groups excluding carboxylic acids is 1. The average Bonchev–Trinajstić information content (AvgIpc) is 3.28. The fourth-order valence-corrected chi connectivity index (χ4v) is 5.94. The topological polar surface area (TPSA) is 73.1 Å². The number of Topliss-reactive ketones (excluding diaryl/α,β-unsaturated/α-hetero) is 1. The second kappa shape index (κ2) is 11.1. The van der Waals surface area contributed by atoms with Gasteiger partial charge in [0.25, 0.3) is 5.19 Å². The van der Waals surface area contributed by atoms with Gasteiger partial charge in [0.1, 0.15) is 17.3 Å². The van der Waals surface area contributed by atoms with Crippen molar-refractivity contribution in [2.75, 3.05) is 26.2 Å². The highest BCUT2D eigenvalue weighted by Crippen LogP contribution is 2.39. The Balaban J connectivity index is 1.17. The lowest BCUT2D eigenvalue weighted by Gasteiger charge is -2.35. The third-order valence-corrected chi connectivity index (χ3v) is 8.28. The van der Waals surface area contributed by atoms with Crippen LogP contribution in [0.2, 0.25) is 0 Å². The molecule has 0 unspecified atom stereocenters. The molecule has 1 fully saturated rings. The van der Waals surface area contributed by atoms with Gasteiger partial charge in [0.15, 0.2) is 12.4 Å². The van der Waals surface area contributed by atoms with Gasteiger partial charge in [-0.05, 0) is 51.4 Å². The van der Waals surface area contributed by atoms with E-state index in [1.807, 2.05) is 6.92 Å². The molecule has 0 saturated heterocycles. The van der Waals surface area contributed by atoms with Gasteiger partial charge in [-0.25, -0.2) is 14.4 Å². The Morgan fingerprint density at radius 1 is 1.19 bits per heavy atom. The average molecular weight is 532 g/mol. The van der Waals surface area contributed by atoms with Crippen LogP contribution in [0.1, 0.15) is 60.7 Å². The maximum Gasteiger partial charge on any atom is 0.422 e. The van der Waals surface area contributed by atoms with E-state index in [-0.39, 0.29) is 23.3 Å². The van der Waals surface area contributed by atoms with Crippen molar-refractivity contribution in [3.05, 3.63) is 22.2 Å². The predicted octanol–water partition coefficient (Wildman–Crippen LogP) is 4.41. The van der Waals surface area contributed by atoms with Crippen LogP contribution in [0.3, 0.4) is 0 Å². The van der Waals surface area contributed by atoms with Crippen LogP contribution >= 0.6 is 11.3 Å². The Bertz CT molecular complexity index is 1000. The lowest BCUT2D eigenvalue weighted by atomic mass is 9.76. The van der Waals surface area contributed by atoms with Crippen molar-refractivity contribution in [3.63, 3.8) is 0 Å². The molecule has 0 spiro atoms. The highest BCUT2D eigenvalue weighted by molar-refractivity contribution is 7.13. The zero-order valence-electron chi connectivity index (χ0n) is 20.7. The predicted molar refractivity (Wildman–Crippen MR) is 127 cm³/mol. The molecule has 1 saturated carbocycles. The number of halogens is 4. The standard InChI is InChI=1S/C24H33F4N5O2S/c1-16-29-21(31-32(16)2)14-18(34)13-17-3-7-23(25,8-4-17)9-12-33-10-5-19-20(6-11-33)36-22(30-19)35-15-24(26,27)28/h17H,3-15H2,1-2H3. The van der Waals surface area contributed by atoms with Gasteiger partial charge in [-0.3, -0.25) is 9.48 Å². The number of fused-ring (bicyclic) bond motifs is 1. The third-order valence-electron chi connectivity index (χ3n) is 7.21. The van der Waals surface area contributed by atoms with Crippen LogP contribution in [0.15, 0.2) is 0 Å². The first-order chi connectivity index (χ1) is 17.0. The van der Waals surface area contributed by atoms with Crippen LogP contribution in [0, 0.1) is 12.8 Å². The molecular formula is C24H33F4N5O2S. The van der Waals surface area contributed by atoms with Crippen molar-refractivity contribution in [2.24, 2.45) is 13.0 Å².